The molecule has 2 aromatic rings. The van der Waals surface area contributed by atoms with Gasteiger partial charge in [0.15, 0.2) is 5.16 Å². The summed E-state index contributed by atoms with van der Waals surface area (Å²) in [5.41, 5.74) is 1.91. The van der Waals surface area contributed by atoms with Crippen LogP contribution in [0.2, 0.25) is 0 Å². The van der Waals surface area contributed by atoms with Gasteiger partial charge < -0.3 is 10.3 Å². The Morgan fingerprint density at radius 2 is 2.00 bits per heavy atom. The average molecular weight is 303 g/mol. The van der Waals surface area contributed by atoms with Gasteiger partial charge in [-0.3, -0.25) is 4.79 Å². The van der Waals surface area contributed by atoms with Gasteiger partial charge in [-0.1, -0.05) is 37.7 Å². The third kappa shape index (κ3) is 4.44. The van der Waals surface area contributed by atoms with E-state index in [0.29, 0.717) is 11.2 Å². The molecule has 0 saturated heterocycles. The number of benzene rings is 1. The summed E-state index contributed by atoms with van der Waals surface area (Å²) < 4.78 is 0. The first-order valence-electron chi connectivity index (χ1n) is 7.21. The Bertz CT molecular complexity index is 637. The first-order valence-corrected chi connectivity index (χ1v) is 8.03. The Hall–Kier alpha value is -1.59. The maximum atomic E-state index is 11.4. The van der Waals surface area contributed by atoms with Gasteiger partial charge in [0, 0.05) is 22.7 Å². The number of hydrogen-bond acceptors (Lipinski definition) is 4. The number of rotatable bonds is 6. The quantitative estimate of drug-likeness (QED) is 0.804. The van der Waals surface area contributed by atoms with Gasteiger partial charge in [-0.2, -0.15) is 0 Å². The molecule has 21 heavy (non-hydrogen) atoms. The molecule has 1 unspecified atom stereocenters. The first kappa shape index (κ1) is 15.8. The molecule has 0 spiro atoms. The van der Waals surface area contributed by atoms with Crippen molar-refractivity contribution >= 4 is 11.8 Å². The van der Waals surface area contributed by atoms with Crippen molar-refractivity contribution < 1.29 is 0 Å². The second-order valence-electron chi connectivity index (χ2n) is 4.88. The lowest BCUT2D eigenvalue weighted by molar-refractivity contribution is 0.537. The van der Waals surface area contributed by atoms with E-state index in [1.807, 2.05) is 6.92 Å². The maximum absolute atomic E-state index is 11.4. The minimum absolute atomic E-state index is 0.111. The zero-order chi connectivity index (χ0) is 15.2. The van der Waals surface area contributed by atoms with Gasteiger partial charge >= 0.3 is 0 Å². The van der Waals surface area contributed by atoms with Crippen LogP contribution in [0.5, 0.6) is 0 Å². The molecular weight excluding hydrogens is 282 g/mol. The van der Waals surface area contributed by atoms with Crippen LogP contribution in [-0.2, 0) is 0 Å². The zero-order valence-electron chi connectivity index (χ0n) is 12.6. The molecule has 0 aliphatic carbocycles. The van der Waals surface area contributed by atoms with E-state index >= 15 is 0 Å². The highest BCUT2D eigenvalue weighted by Gasteiger charge is 2.08. The molecule has 1 atom stereocenters. The second kappa shape index (κ2) is 7.43. The summed E-state index contributed by atoms with van der Waals surface area (Å²) in [5, 5.41) is 4.10. The normalized spacial score (nSPS) is 12.3. The third-order valence-electron chi connectivity index (χ3n) is 3.20. The molecule has 0 radical (unpaired) electrons. The predicted octanol–water partition coefficient (Wildman–Crippen LogP) is 3.29. The lowest BCUT2D eigenvalue weighted by atomic mass is 10.1. The van der Waals surface area contributed by atoms with Crippen molar-refractivity contribution in [2.75, 3.05) is 6.54 Å². The number of aryl methyl sites for hydroxylation is 1. The molecule has 5 heteroatoms. The monoisotopic (exact) mass is 303 g/mol. The summed E-state index contributed by atoms with van der Waals surface area (Å²) >= 11 is 1.47. The molecule has 1 aromatic carbocycles. The van der Waals surface area contributed by atoms with Crippen molar-refractivity contribution in [2.24, 2.45) is 0 Å². The molecular formula is C16H21N3OS. The molecule has 0 saturated carbocycles. The van der Waals surface area contributed by atoms with Gasteiger partial charge in [0.2, 0.25) is 0 Å². The SMILES string of the molecule is CCNC(CC)c1ccc(Sc2nc(C)cc(=O)[nH]2)cc1. The number of hydrogen-bond donors (Lipinski definition) is 2. The van der Waals surface area contributed by atoms with Crippen LogP contribution in [0.1, 0.15) is 37.6 Å². The van der Waals surface area contributed by atoms with Gasteiger partial charge in [0.1, 0.15) is 0 Å². The van der Waals surface area contributed by atoms with Crippen molar-refractivity contribution in [3.05, 3.63) is 51.9 Å². The summed E-state index contributed by atoms with van der Waals surface area (Å²) in [7, 11) is 0. The molecule has 0 aliphatic heterocycles. The number of aromatic nitrogens is 2. The lowest BCUT2D eigenvalue weighted by Crippen LogP contribution is -2.19. The van der Waals surface area contributed by atoms with E-state index in [4.69, 9.17) is 0 Å². The average Bonchev–Trinajstić information content (AvgIpc) is 2.45. The van der Waals surface area contributed by atoms with Crippen LogP contribution in [0, 0.1) is 6.92 Å². The summed E-state index contributed by atoms with van der Waals surface area (Å²) in [6, 6.07) is 10.3. The number of aromatic amines is 1. The molecule has 1 aromatic heterocycles. The highest BCUT2D eigenvalue weighted by Crippen LogP contribution is 2.26. The Labute approximate surface area is 129 Å². The van der Waals surface area contributed by atoms with E-state index in [9.17, 15) is 4.79 Å². The van der Waals surface area contributed by atoms with Gasteiger partial charge in [-0.05, 0) is 37.6 Å². The van der Waals surface area contributed by atoms with Crippen LogP contribution in [0.15, 0.2) is 45.2 Å². The number of nitrogens with one attached hydrogen (secondary N) is 2. The molecule has 0 aliphatic rings. The molecule has 2 rings (SSSR count). The van der Waals surface area contributed by atoms with E-state index in [1.54, 1.807) is 0 Å². The van der Waals surface area contributed by atoms with Crippen LogP contribution in [0.3, 0.4) is 0 Å². The molecule has 2 N–H and O–H groups in total. The summed E-state index contributed by atoms with van der Waals surface area (Å²) in [6.07, 6.45) is 1.06. The molecule has 0 bridgehead atoms. The largest absolute Gasteiger partial charge is 0.310 e. The fourth-order valence-corrected chi connectivity index (χ4v) is 3.06. The second-order valence-corrected chi connectivity index (χ2v) is 5.94. The van der Waals surface area contributed by atoms with E-state index in [-0.39, 0.29) is 5.56 Å². The van der Waals surface area contributed by atoms with Crippen molar-refractivity contribution in [3.63, 3.8) is 0 Å². The highest BCUT2D eigenvalue weighted by atomic mass is 32.2. The third-order valence-corrected chi connectivity index (χ3v) is 4.10. The summed E-state index contributed by atoms with van der Waals surface area (Å²) in [6.45, 7) is 7.08. The molecule has 0 fully saturated rings. The van der Waals surface area contributed by atoms with Crippen LogP contribution < -0.4 is 10.9 Å². The van der Waals surface area contributed by atoms with Crippen LogP contribution in [-0.4, -0.2) is 16.5 Å². The highest BCUT2D eigenvalue weighted by molar-refractivity contribution is 7.99. The Morgan fingerprint density at radius 1 is 1.29 bits per heavy atom. The lowest BCUT2D eigenvalue weighted by Gasteiger charge is -2.16. The fraction of sp³-hybridized carbons (Fsp3) is 0.375. The topological polar surface area (TPSA) is 57.8 Å². The van der Waals surface area contributed by atoms with Gasteiger partial charge in [-0.25, -0.2) is 4.98 Å². The zero-order valence-corrected chi connectivity index (χ0v) is 13.5. The fourth-order valence-electron chi connectivity index (χ4n) is 2.22. The van der Waals surface area contributed by atoms with Crippen LogP contribution >= 0.6 is 11.8 Å². The Morgan fingerprint density at radius 3 is 2.57 bits per heavy atom. The first-order chi connectivity index (χ1) is 10.1. The van der Waals surface area contributed by atoms with E-state index < -0.39 is 0 Å². The number of H-pyrrole nitrogens is 1. The Balaban J connectivity index is 2.13. The van der Waals surface area contributed by atoms with E-state index in [0.717, 1.165) is 23.6 Å². The predicted molar refractivity (Wildman–Crippen MR) is 86.9 cm³/mol. The number of nitrogens with zero attached hydrogens (tertiary/aromatic N) is 1. The van der Waals surface area contributed by atoms with Crippen molar-refractivity contribution in [2.45, 2.75) is 43.3 Å². The van der Waals surface area contributed by atoms with Gasteiger partial charge in [0.05, 0.1) is 0 Å². The van der Waals surface area contributed by atoms with Crippen molar-refractivity contribution in [3.8, 4) is 0 Å². The van der Waals surface area contributed by atoms with Crippen molar-refractivity contribution in [1.29, 1.82) is 0 Å². The van der Waals surface area contributed by atoms with Crippen LogP contribution in [0.25, 0.3) is 0 Å². The molecule has 112 valence electrons. The van der Waals surface area contributed by atoms with Gasteiger partial charge in [-0.15, -0.1) is 0 Å². The molecule has 0 amide bonds. The van der Waals surface area contributed by atoms with Crippen LogP contribution in [0.4, 0.5) is 0 Å². The summed E-state index contributed by atoms with van der Waals surface area (Å²) in [4.78, 5) is 19.6. The summed E-state index contributed by atoms with van der Waals surface area (Å²) in [5.74, 6) is 0. The van der Waals surface area contributed by atoms with Gasteiger partial charge in [0.25, 0.3) is 5.56 Å². The van der Waals surface area contributed by atoms with E-state index in [1.165, 1.54) is 23.4 Å². The molecule has 4 nitrogen and oxygen atoms in total. The standard InChI is InChI=1S/C16H21N3OS/c1-4-14(17-5-2)12-6-8-13(9-7-12)21-16-18-11(3)10-15(20)19-16/h6-10,14,17H,4-5H2,1-3H3,(H,18,19,20). The van der Waals surface area contributed by atoms with E-state index in [2.05, 4.69) is 53.4 Å². The minimum atomic E-state index is -0.111. The maximum Gasteiger partial charge on any atom is 0.251 e. The van der Waals surface area contributed by atoms with Crippen molar-refractivity contribution in [1.82, 2.24) is 15.3 Å². The minimum Gasteiger partial charge on any atom is -0.310 e. The molecule has 1 heterocycles. The Kier molecular flexibility index (Phi) is 5.59. The smallest absolute Gasteiger partial charge is 0.251 e.